The third-order valence-corrected chi connectivity index (χ3v) is 4.13. The summed E-state index contributed by atoms with van der Waals surface area (Å²) < 4.78 is 5.50. The number of hydrogen-bond acceptors (Lipinski definition) is 2. The molecule has 0 radical (unpaired) electrons. The summed E-state index contributed by atoms with van der Waals surface area (Å²) in [6.07, 6.45) is 10.2. The number of aryl methyl sites for hydroxylation is 1. The minimum atomic E-state index is 0.315. The van der Waals surface area contributed by atoms with Crippen molar-refractivity contribution in [2.45, 2.75) is 78.6 Å². The van der Waals surface area contributed by atoms with Gasteiger partial charge in [0.25, 0.3) is 0 Å². The first kappa shape index (κ1) is 17.9. The van der Waals surface area contributed by atoms with Crippen LogP contribution >= 0.6 is 0 Å². The molecule has 1 aromatic carbocycles. The van der Waals surface area contributed by atoms with E-state index in [1.54, 1.807) is 7.11 Å². The fraction of sp³-hybridized carbons (Fsp3) is 0.684. The number of phenols is 1. The van der Waals surface area contributed by atoms with Crippen molar-refractivity contribution in [2.75, 3.05) is 7.11 Å². The van der Waals surface area contributed by atoms with Gasteiger partial charge in [0.15, 0.2) is 11.5 Å². The molecular weight excluding hydrogens is 260 g/mol. The van der Waals surface area contributed by atoms with Gasteiger partial charge < -0.3 is 9.84 Å². The van der Waals surface area contributed by atoms with E-state index in [4.69, 9.17) is 4.74 Å². The van der Waals surface area contributed by atoms with Crippen LogP contribution in [0.1, 0.15) is 76.0 Å². The molecule has 0 unspecified atom stereocenters. The summed E-state index contributed by atoms with van der Waals surface area (Å²) in [7, 11) is 1.67. The van der Waals surface area contributed by atoms with Gasteiger partial charge in [0.2, 0.25) is 0 Å². The topological polar surface area (TPSA) is 29.5 Å². The maximum Gasteiger partial charge on any atom is 0.163 e. The van der Waals surface area contributed by atoms with Crippen LogP contribution in [0.3, 0.4) is 0 Å². The number of methoxy groups -OCH3 is 1. The van der Waals surface area contributed by atoms with Crippen LogP contribution in [-0.2, 0) is 19.3 Å². The molecule has 2 nitrogen and oxygen atoms in total. The summed E-state index contributed by atoms with van der Waals surface area (Å²) in [5.74, 6) is 1.02. The first-order valence-electron chi connectivity index (χ1n) is 8.60. The van der Waals surface area contributed by atoms with Gasteiger partial charge in [-0.05, 0) is 55.7 Å². The number of benzene rings is 1. The molecule has 0 aliphatic rings. The van der Waals surface area contributed by atoms with Crippen molar-refractivity contribution in [3.8, 4) is 11.5 Å². The number of ether oxygens (including phenoxy) is 1. The van der Waals surface area contributed by atoms with E-state index in [1.165, 1.54) is 42.4 Å². The Labute approximate surface area is 130 Å². The molecule has 0 aromatic heterocycles. The second-order valence-electron chi connectivity index (χ2n) is 5.86. The van der Waals surface area contributed by atoms with Gasteiger partial charge in [0, 0.05) is 5.56 Å². The molecule has 2 heteroatoms. The first-order chi connectivity index (χ1) is 10.2. The third kappa shape index (κ3) is 4.94. The van der Waals surface area contributed by atoms with Crippen LogP contribution in [-0.4, -0.2) is 12.2 Å². The first-order valence-corrected chi connectivity index (χ1v) is 8.60. The van der Waals surface area contributed by atoms with Gasteiger partial charge in [-0.2, -0.15) is 0 Å². The number of hydrogen-bond donors (Lipinski definition) is 1. The molecule has 0 atom stereocenters. The molecule has 0 heterocycles. The predicted octanol–water partition coefficient (Wildman–Crippen LogP) is 5.43. The predicted molar refractivity (Wildman–Crippen MR) is 90.5 cm³/mol. The van der Waals surface area contributed by atoms with Crippen molar-refractivity contribution in [1.29, 1.82) is 0 Å². The van der Waals surface area contributed by atoms with E-state index in [0.29, 0.717) is 11.5 Å². The molecule has 1 N–H and O–H groups in total. The van der Waals surface area contributed by atoms with Crippen LogP contribution < -0.4 is 4.74 Å². The monoisotopic (exact) mass is 292 g/mol. The van der Waals surface area contributed by atoms with E-state index in [1.807, 2.05) is 6.07 Å². The SMILES string of the molecule is CCCCc1cc(O)c(OC)c(CCCC)c1CCCC. The summed E-state index contributed by atoms with van der Waals surface area (Å²) in [4.78, 5) is 0. The van der Waals surface area contributed by atoms with E-state index in [-0.39, 0.29) is 0 Å². The highest BCUT2D eigenvalue weighted by Crippen LogP contribution is 2.37. The van der Waals surface area contributed by atoms with Crippen LogP contribution in [0.5, 0.6) is 11.5 Å². The molecule has 0 spiro atoms. The van der Waals surface area contributed by atoms with E-state index in [2.05, 4.69) is 20.8 Å². The Kier molecular flexibility index (Phi) is 8.26. The zero-order valence-corrected chi connectivity index (χ0v) is 14.3. The molecule has 120 valence electrons. The van der Waals surface area contributed by atoms with E-state index in [9.17, 15) is 5.11 Å². The van der Waals surface area contributed by atoms with Crippen molar-refractivity contribution >= 4 is 0 Å². The number of aromatic hydroxyl groups is 1. The summed E-state index contributed by atoms with van der Waals surface area (Å²) in [6, 6.07) is 1.94. The molecule has 0 bridgehead atoms. The normalized spacial score (nSPS) is 10.9. The Morgan fingerprint density at radius 1 is 0.857 bits per heavy atom. The molecule has 0 saturated heterocycles. The maximum absolute atomic E-state index is 10.3. The van der Waals surface area contributed by atoms with Crippen LogP contribution in [0.25, 0.3) is 0 Å². The van der Waals surface area contributed by atoms with E-state index >= 15 is 0 Å². The van der Waals surface area contributed by atoms with Gasteiger partial charge in [-0.3, -0.25) is 0 Å². The second kappa shape index (κ2) is 9.70. The highest BCUT2D eigenvalue weighted by molar-refractivity contribution is 5.54. The lowest BCUT2D eigenvalue weighted by atomic mass is 9.90. The lowest BCUT2D eigenvalue weighted by Gasteiger charge is -2.19. The van der Waals surface area contributed by atoms with E-state index in [0.717, 1.165) is 32.1 Å². The second-order valence-corrected chi connectivity index (χ2v) is 5.86. The lowest BCUT2D eigenvalue weighted by molar-refractivity contribution is 0.367. The van der Waals surface area contributed by atoms with Gasteiger partial charge in [-0.1, -0.05) is 40.0 Å². The van der Waals surface area contributed by atoms with Crippen LogP contribution in [0.2, 0.25) is 0 Å². The minimum absolute atomic E-state index is 0.315. The Hall–Kier alpha value is -1.18. The fourth-order valence-electron chi connectivity index (χ4n) is 2.90. The molecule has 0 fully saturated rings. The fourth-order valence-corrected chi connectivity index (χ4v) is 2.90. The van der Waals surface area contributed by atoms with Crippen LogP contribution in [0.15, 0.2) is 6.07 Å². The summed E-state index contributed by atoms with van der Waals surface area (Å²) >= 11 is 0. The zero-order valence-electron chi connectivity index (χ0n) is 14.3. The van der Waals surface area contributed by atoms with Crippen molar-refractivity contribution in [2.24, 2.45) is 0 Å². The summed E-state index contributed by atoms with van der Waals surface area (Å²) in [5, 5.41) is 10.3. The third-order valence-electron chi connectivity index (χ3n) is 4.13. The summed E-state index contributed by atoms with van der Waals surface area (Å²) in [6.45, 7) is 6.65. The largest absolute Gasteiger partial charge is 0.504 e. The van der Waals surface area contributed by atoms with Crippen molar-refractivity contribution in [3.63, 3.8) is 0 Å². The highest BCUT2D eigenvalue weighted by atomic mass is 16.5. The van der Waals surface area contributed by atoms with Gasteiger partial charge in [-0.15, -0.1) is 0 Å². The molecule has 0 amide bonds. The number of rotatable bonds is 10. The molecular formula is C19H32O2. The van der Waals surface area contributed by atoms with Gasteiger partial charge in [-0.25, -0.2) is 0 Å². The Morgan fingerprint density at radius 3 is 1.90 bits per heavy atom. The highest BCUT2D eigenvalue weighted by Gasteiger charge is 2.17. The average molecular weight is 292 g/mol. The standard InChI is InChI=1S/C19H32O2/c1-5-8-11-15-14-18(20)19(21-4)17(13-10-7-3)16(15)12-9-6-2/h14,20H,5-13H2,1-4H3. The Morgan fingerprint density at radius 2 is 1.38 bits per heavy atom. The Bertz CT molecular complexity index is 424. The Balaban J connectivity index is 3.24. The molecule has 0 saturated carbocycles. The van der Waals surface area contributed by atoms with E-state index < -0.39 is 0 Å². The van der Waals surface area contributed by atoms with Crippen LogP contribution in [0, 0.1) is 0 Å². The molecule has 1 rings (SSSR count). The minimum Gasteiger partial charge on any atom is -0.504 e. The molecule has 1 aromatic rings. The zero-order chi connectivity index (χ0) is 15.7. The maximum atomic E-state index is 10.3. The number of phenolic OH excluding ortho intramolecular Hbond substituents is 1. The van der Waals surface area contributed by atoms with Gasteiger partial charge in [0.05, 0.1) is 7.11 Å². The number of unbranched alkanes of at least 4 members (excludes halogenated alkanes) is 3. The average Bonchev–Trinajstić information content (AvgIpc) is 2.49. The van der Waals surface area contributed by atoms with Crippen molar-refractivity contribution in [3.05, 3.63) is 22.8 Å². The lowest BCUT2D eigenvalue weighted by Crippen LogP contribution is -2.05. The molecule has 21 heavy (non-hydrogen) atoms. The smallest absolute Gasteiger partial charge is 0.163 e. The van der Waals surface area contributed by atoms with Crippen molar-refractivity contribution in [1.82, 2.24) is 0 Å². The quantitative estimate of drug-likeness (QED) is 0.623. The van der Waals surface area contributed by atoms with Crippen LogP contribution in [0.4, 0.5) is 0 Å². The molecule has 0 aliphatic heterocycles. The summed E-state index contributed by atoms with van der Waals surface area (Å²) in [5.41, 5.74) is 4.02. The molecule has 0 aliphatic carbocycles. The van der Waals surface area contributed by atoms with Gasteiger partial charge >= 0.3 is 0 Å². The van der Waals surface area contributed by atoms with Gasteiger partial charge in [0.1, 0.15) is 0 Å². The van der Waals surface area contributed by atoms with Crippen molar-refractivity contribution < 1.29 is 9.84 Å².